The Labute approximate surface area is 122 Å². The van der Waals surface area contributed by atoms with Crippen LogP contribution < -0.4 is 0 Å². The van der Waals surface area contributed by atoms with Crippen LogP contribution in [-0.4, -0.2) is 28.6 Å². The number of aryl methyl sites for hydroxylation is 1. The third kappa shape index (κ3) is 2.21. The monoisotopic (exact) mass is 296 g/mol. The molecule has 3 nitrogen and oxygen atoms in total. The summed E-state index contributed by atoms with van der Waals surface area (Å²) < 4.78 is 21.7. The zero-order chi connectivity index (χ0) is 14.2. The molecular weight excluding hydrogens is 279 g/mol. The van der Waals surface area contributed by atoms with Crippen molar-refractivity contribution in [1.82, 2.24) is 9.55 Å². The van der Waals surface area contributed by atoms with E-state index in [1.807, 2.05) is 6.07 Å². The number of benzene rings is 1. The molecule has 108 valence electrons. The Morgan fingerprint density at radius 1 is 1.50 bits per heavy atom. The number of imidazole rings is 1. The number of para-hydroxylation sites is 1. The highest BCUT2D eigenvalue weighted by molar-refractivity contribution is 6.17. The lowest BCUT2D eigenvalue weighted by Crippen LogP contribution is -2.40. The Hall–Kier alpha value is -1.13. The smallest absolute Gasteiger partial charge is 0.151 e. The van der Waals surface area contributed by atoms with Crippen molar-refractivity contribution >= 4 is 22.6 Å². The molecule has 1 aromatic carbocycles. The third-order valence-corrected chi connectivity index (χ3v) is 4.17. The first-order valence-electron chi connectivity index (χ1n) is 6.96. The number of aromatic nitrogens is 2. The largest absolute Gasteiger partial charge is 0.379 e. The summed E-state index contributed by atoms with van der Waals surface area (Å²) in [5, 5.41) is 0. The molecule has 2 heterocycles. The van der Waals surface area contributed by atoms with Crippen molar-refractivity contribution in [3.8, 4) is 0 Å². The summed E-state index contributed by atoms with van der Waals surface area (Å²) in [7, 11) is 0. The van der Waals surface area contributed by atoms with Crippen LogP contribution in [0.2, 0.25) is 0 Å². The second-order valence-corrected chi connectivity index (χ2v) is 5.94. The number of rotatable bonds is 3. The summed E-state index contributed by atoms with van der Waals surface area (Å²) in [4.78, 5) is 4.47. The van der Waals surface area contributed by atoms with Crippen LogP contribution in [0.4, 0.5) is 4.39 Å². The van der Waals surface area contributed by atoms with Gasteiger partial charge in [0.05, 0.1) is 17.7 Å². The summed E-state index contributed by atoms with van der Waals surface area (Å²) in [6.07, 6.45) is 2.64. The minimum Gasteiger partial charge on any atom is -0.379 e. The molecule has 1 unspecified atom stereocenters. The summed E-state index contributed by atoms with van der Waals surface area (Å²) >= 11 is 5.88. The average molecular weight is 297 g/mol. The predicted molar refractivity (Wildman–Crippen MR) is 77.8 cm³/mol. The molecule has 1 aliphatic heterocycles. The minimum absolute atomic E-state index is 0.178. The first kappa shape index (κ1) is 13.8. The molecule has 0 bridgehead atoms. The number of nitrogens with zero attached hydrogens (tertiary/aromatic N) is 2. The van der Waals surface area contributed by atoms with Gasteiger partial charge < -0.3 is 9.30 Å². The number of fused-ring (bicyclic) bond motifs is 1. The second kappa shape index (κ2) is 5.34. The highest BCUT2D eigenvalue weighted by Gasteiger charge is 2.33. The van der Waals surface area contributed by atoms with E-state index in [0.717, 1.165) is 30.8 Å². The summed E-state index contributed by atoms with van der Waals surface area (Å²) in [5.74, 6) is 1.03. The minimum atomic E-state index is -0.280. The van der Waals surface area contributed by atoms with Crippen LogP contribution in [0, 0.1) is 5.82 Å². The van der Waals surface area contributed by atoms with Crippen molar-refractivity contribution in [1.29, 1.82) is 0 Å². The maximum Gasteiger partial charge on any atom is 0.151 e. The molecule has 20 heavy (non-hydrogen) atoms. The van der Waals surface area contributed by atoms with Gasteiger partial charge in [-0.3, -0.25) is 0 Å². The van der Waals surface area contributed by atoms with Crippen molar-refractivity contribution in [3.05, 3.63) is 29.8 Å². The number of hydrogen-bond acceptors (Lipinski definition) is 2. The van der Waals surface area contributed by atoms with Crippen molar-refractivity contribution in [3.63, 3.8) is 0 Å². The van der Waals surface area contributed by atoms with Gasteiger partial charge in [-0.2, -0.15) is 0 Å². The van der Waals surface area contributed by atoms with Gasteiger partial charge in [0.2, 0.25) is 0 Å². The maximum absolute atomic E-state index is 14.0. The number of ether oxygens (including phenoxy) is 1. The SMILES string of the molecule is CC1(n2c(CCCl)nc3c(F)cccc32)CCCOC1. The Balaban J connectivity index is 2.20. The normalized spacial score (nSPS) is 23.4. The fourth-order valence-electron chi connectivity index (χ4n) is 3.06. The molecule has 1 aromatic heterocycles. The predicted octanol–water partition coefficient (Wildman–Crippen LogP) is 3.48. The van der Waals surface area contributed by atoms with Gasteiger partial charge >= 0.3 is 0 Å². The molecule has 5 heteroatoms. The lowest BCUT2D eigenvalue weighted by Gasteiger charge is -2.36. The molecule has 1 aliphatic rings. The van der Waals surface area contributed by atoms with Crippen LogP contribution in [0.25, 0.3) is 11.0 Å². The molecule has 0 saturated carbocycles. The van der Waals surface area contributed by atoms with Crippen LogP contribution in [0.5, 0.6) is 0 Å². The van der Waals surface area contributed by atoms with Gasteiger partial charge in [-0.25, -0.2) is 9.37 Å². The van der Waals surface area contributed by atoms with Crippen molar-refractivity contribution in [2.24, 2.45) is 0 Å². The standard InChI is InChI=1S/C15H18ClFN2O/c1-15(7-3-9-20-10-15)19-12-5-2-4-11(17)14(12)18-13(19)6-8-16/h2,4-5H,3,6-10H2,1H3. The van der Waals surface area contributed by atoms with Crippen LogP contribution in [0.15, 0.2) is 18.2 Å². The fourth-order valence-corrected chi connectivity index (χ4v) is 3.23. The van der Waals surface area contributed by atoms with Crippen LogP contribution >= 0.6 is 11.6 Å². The highest BCUT2D eigenvalue weighted by Crippen LogP contribution is 2.33. The Morgan fingerprint density at radius 3 is 3.05 bits per heavy atom. The molecule has 0 N–H and O–H groups in total. The highest BCUT2D eigenvalue weighted by atomic mass is 35.5. The van der Waals surface area contributed by atoms with E-state index in [1.54, 1.807) is 6.07 Å². The fraction of sp³-hybridized carbons (Fsp3) is 0.533. The summed E-state index contributed by atoms with van der Waals surface area (Å²) in [6, 6.07) is 5.10. The van der Waals surface area contributed by atoms with Gasteiger partial charge in [0.25, 0.3) is 0 Å². The molecule has 0 radical (unpaired) electrons. The molecule has 1 atom stereocenters. The molecular formula is C15H18ClFN2O. The van der Waals surface area contributed by atoms with E-state index in [9.17, 15) is 4.39 Å². The van der Waals surface area contributed by atoms with E-state index in [1.165, 1.54) is 6.07 Å². The van der Waals surface area contributed by atoms with E-state index in [0.29, 0.717) is 24.4 Å². The zero-order valence-electron chi connectivity index (χ0n) is 11.5. The first-order valence-corrected chi connectivity index (χ1v) is 7.49. The lowest BCUT2D eigenvalue weighted by atomic mass is 9.94. The molecule has 0 aliphatic carbocycles. The van der Waals surface area contributed by atoms with E-state index in [4.69, 9.17) is 16.3 Å². The van der Waals surface area contributed by atoms with Gasteiger partial charge in [-0.15, -0.1) is 11.6 Å². The molecule has 2 aromatic rings. The summed E-state index contributed by atoms with van der Waals surface area (Å²) in [6.45, 7) is 3.57. The second-order valence-electron chi connectivity index (χ2n) is 5.56. The van der Waals surface area contributed by atoms with E-state index in [2.05, 4.69) is 16.5 Å². The molecule has 3 rings (SSSR count). The number of halogens is 2. The Kier molecular flexibility index (Phi) is 3.69. The lowest BCUT2D eigenvalue weighted by molar-refractivity contribution is 0.0102. The van der Waals surface area contributed by atoms with Crippen LogP contribution in [0.3, 0.4) is 0 Å². The average Bonchev–Trinajstić information content (AvgIpc) is 2.80. The van der Waals surface area contributed by atoms with Crippen molar-refractivity contribution < 1.29 is 9.13 Å². The first-order chi connectivity index (χ1) is 9.65. The van der Waals surface area contributed by atoms with E-state index >= 15 is 0 Å². The van der Waals surface area contributed by atoms with Crippen LogP contribution in [-0.2, 0) is 16.7 Å². The topological polar surface area (TPSA) is 27.1 Å². The quantitative estimate of drug-likeness (QED) is 0.811. The zero-order valence-corrected chi connectivity index (χ0v) is 12.3. The van der Waals surface area contributed by atoms with Gasteiger partial charge in [0.1, 0.15) is 11.3 Å². The number of hydrogen-bond donors (Lipinski definition) is 0. The molecule has 1 fully saturated rings. The molecule has 0 spiro atoms. The molecule has 0 amide bonds. The van der Waals surface area contributed by atoms with Crippen LogP contribution in [0.1, 0.15) is 25.6 Å². The van der Waals surface area contributed by atoms with Gasteiger partial charge in [0.15, 0.2) is 5.82 Å². The third-order valence-electron chi connectivity index (χ3n) is 3.98. The van der Waals surface area contributed by atoms with Gasteiger partial charge in [0, 0.05) is 18.9 Å². The maximum atomic E-state index is 14.0. The van der Waals surface area contributed by atoms with E-state index in [-0.39, 0.29) is 11.4 Å². The van der Waals surface area contributed by atoms with Gasteiger partial charge in [-0.05, 0) is 31.9 Å². The molecule has 1 saturated heterocycles. The Morgan fingerprint density at radius 2 is 2.35 bits per heavy atom. The Bertz CT molecular complexity index is 620. The van der Waals surface area contributed by atoms with Crippen molar-refractivity contribution in [2.75, 3.05) is 19.1 Å². The van der Waals surface area contributed by atoms with Gasteiger partial charge in [-0.1, -0.05) is 6.07 Å². The summed E-state index contributed by atoms with van der Waals surface area (Å²) in [5.41, 5.74) is 1.08. The number of alkyl halides is 1. The van der Waals surface area contributed by atoms with E-state index < -0.39 is 0 Å². The van der Waals surface area contributed by atoms with Crippen molar-refractivity contribution in [2.45, 2.75) is 31.7 Å².